The fourth-order valence-electron chi connectivity index (χ4n) is 0.250. The zero-order valence-electron chi connectivity index (χ0n) is 6.48. The summed E-state index contributed by atoms with van der Waals surface area (Å²) < 4.78 is 0. The smallest absolute Gasteiger partial charge is 0.184 e. The van der Waals surface area contributed by atoms with Gasteiger partial charge in [0.2, 0.25) is 0 Å². The minimum atomic E-state index is -0.426. The summed E-state index contributed by atoms with van der Waals surface area (Å²) in [5, 5.41) is 9.17. The summed E-state index contributed by atoms with van der Waals surface area (Å²) in [6.45, 7) is 3.29. The van der Waals surface area contributed by atoms with Gasteiger partial charge >= 0.3 is 0 Å². The number of hydrogen-bond acceptors (Lipinski definition) is 3. The maximum Gasteiger partial charge on any atom is 0.184 e. The molecule has 0 bridgehead atoms. The van der Waals surface area contributed by atoms with Crippen molar-refractivity contribution in [2.45, 2.75) is 13.3 Å². The summed E-state index contributed by atoms with van der Waals surface area (Å²) in [6.07, 6.45) is 1.51. The molecular weight excluding hydrogens is 130 g/mol. The monoisotopic (exact) mass is 145 g/mol. The summed E-state index contributed by atoms with van der Waals surface area (Å²) in [5.74, 6) is -0.426. The molecule has 0 spiro atoms. The van der Waals surface area contributed by atoms with E-state index in [-0.39, 0.29) is 6.29 Å². The average molecular weight is 145 g/mol. The number of carbonyl (C=O) groups is 1. The molecule has 0 rings (SSSR count). The molecule has 0 fully saturated rings. The van der Waals surface area contributed by atoms with Crippen molar-refractivity contribution in [2.75, 3.05) is 13.6 Å². The predicted molar refractivity (Wildman–Crippen MR) is 42.2 cm³/mol. The molecule has 0 aliphatic heterocycles. The van der Waals surface area contributed by atoms with Gasteiger partial charge in [-0.2, -0.15) is 0 Å². The fraction of sp³-hybridized carbons (Fsp3) is 0.667. The molecule has 0 saturated carbocycles. The minimum absolute atomic E-state index is 0.278. The van der Waals surface area contributed by atoms with Crippen LogP contribution in [0.25, 0.3) is 0 Å². The van der Waals surface area contributed by atoms with E-state index in [1.54, 1.807) is 0 Å². The highest BCUT2D eigenvalue weighted by molar-refractivity contribution is 6.24. The first-order chi connectivity index (χ1) is 4.68. The lowest BCUT2D eigenvalue weighted by atomic mass is 10.5. The molecule has 0 aliphatic rings. The van der Waals surface area contributed by atoms with Gasteiger partial charge in [-0.15, -0.1) is 0 Å². The standard InChI is InChI=1S/C4H11N.C2H4N2O/c1-3-4-5-2;3-2(4)1-5/h5H,3-4H2,1-2H3;1H,(H3,3,4). The first-order valence-electron chi connectivity index (χ1n) is 3.12. The zero-order valence-corrected chi connectivity index (χ0v) is 6.48. The highest BCUT2D eigenvalue weighted by Gasteiger charge is 1.69. The van der Waals surface area contributed by atoms with Crippen LogP contribution in [0.5, 0.6) is 0 Å². The van der Waals surface area contributed by atoms with Crippen LogP contribution < -0.4 is 11.1 Å². The topological polar surface area (TPSA) is 79.0 Å². The predicted octanol–water partition coefficient (Wildman–Crippen LogP) is -0.263. The van der Waals surface area contributed by atoms with Crippen molar-refractivity contribution in [1.29, 1.82) is 5.41 Å². The molecule has 0 aliphatic carbocycles. The molecule has 0 amide bonds. The van der Waals surface area contributed by atoms with Gasteiger partial charge in [0.05, 0.1) is 0 Å². The van der Waals surface area contributed by atoms with Crippen LogP contribution in [0, 0.1) is 5.41 Å². The third-order valence-electron chi connectivity index (χ3n) is 0.627. The molecule has 0 radical (unpaired) electrons. The molecule has 0 aromatic carbocycles. The third kappa shape index (κ3) is 27.5. The Hall–Kier alpha value is -0.900. The van der Waals surface area contributed by atoms with Gasteiger partial charge < -0.3 is 11.1 Å². The van der Waals surface area contributed by atoms with Gasteiger partial charge in [0.25, 0.3) is 0 Å². The average Bonchev–Trinajstić information content (AvgIpc) is 1.91. The van der Waals surface area contributed by atoms with Crippen LogP contribution in [-0.2, 0) is 4.79 Å². The van der Waals surface area contributed by atoms with Crippen molar-refractivity contribution in [2.24, 2.45) is 5.73 Å². The Labute approximate surface area is 61.3 Å². The number of carbonyl (C=O) groups excluding carboxylic acids is 1. The summed E-state index contributed by atoms with van der Waals surface area (Å²) >= 11 is 0. The summed E-state index contributed by atoms with van der Waals surface area (Å²) in [7, 11) is 1.96. The number of aldehydes is 1. The SMILES string of the molecule is CCCNC.N=C(N)C=O. The molecular formula is C6H15N3O. The number of amidine groups is 1. The van der Waals surface area contributed by atoms with Crippen LogP contribution >= 0.6 is 0 Å². The van der Waals surface area contributed by atoms with Crippen LogP contribution in [0.1, 0.15) is 13.3 Å². The molecule has 0 aromatic heterocycles. The van der Waals surface area contributed by atoms with E-state index < -0.39 is 5.84 Å². The highest BCUT2D eigenvalue weighted by atomic mass is 16.1. The van der Waals surface area contributed by atoms with E-state index in [4.69, 9.17) is 10.2 Å². The first-order valence-corrected chi connectivity index (χ1v) is 3.12. The number of hydrogen-bond donors (Lipinski definition) is 3. The summed E-state index contributed by atoms with van der Waals surface area (Å²) in [5.41, 5.74) is 4.51. The molecule has 0 saturated heterocycles. The molecule has 0 heterocycles. The van der Waals surface area contributed by atoms with E-state index in [0.29, 0.717) is 0 Å². The lowest BCUT2D eigenvalue weighted by molar-refractivity contribution is -0.102. The van der Waals surface area contributed by atoms with Gasteiger partial charge in [-0.25, -0.2) is 0 Å². The van der Waals surface area contributed by atoms with Crippen molar-refractivity contribution in [3.05, 3.63) is 0 Å². The fourth-order valence-corrected chi connectivity index (χ4v) is 0.250. The van der Waals surface area contributed by atoms with Crippen molar-refractivity contribution in [1.82, 2.24) is 5.32 Å². The van der Waals surface area contributed by atoms with Crippen LogP contribution in [0.15, 0.2) is 0 Å². The van der Waals surface area contributed by atoms with Gasteiger partial charge in [-0.1, -0.05) is 6.92 Å². The van der Waals surface area contributed by atoms with Crippen molar-refractivity contribution < 1.29 is 4.79 Å². The number of rotatable bonds is 3. The highest BCUT2D eigenvalue weighted by Crippen LogP contribution is 1.62. The molecule has 0 aromatic rings. The Morgan fingerprint density at radius 2 is 2.20 bits per heavy atom. The quantitative estimate of drug-likeness (QED) is 0.291. The first kappa shape index (κ1) is 11.8. The van der Waals surface area contributed by atoms with Gasteiger partial charge in [0.15, 0.2) is 12.1 Å². The molecule has 0 unspecified atom stereocenters. The van der Waals surface area contributed by atoms with E-state index in [9.17, 15) is 0 Å². The zero-order chi connectivity index (χ0) is 8.41. The van der Waals surface area contributed by atoms with E-state index in [2.05, 4.69) is 18.0 Å². The van der Waals surface area contributed by atoms with Crippen LogP contribution in [0.2, 0.25) is 0 Å². The Morgan fingerprint density at radius 3 is 2.20 bits per heavy atom. The Balaban J connectivity index is 0. The number of nitrogens with two attached hydrogens (primary N) is 1. The lowest BCUT2D eigenvalue weighted by Crippen LogP contribution is -2.09. The van der Waals surface area contributed by atoms with Crippen LogP contribution in [-0.4, -0.2) is 25.7 Å². The number of nitrogens with one attached hydrogen (secondary N) is 2. The van der Waals surface area contributed by atoms with E-state index in [1.165, 1.54) is 6.42 Å². The van der Waals surface area contributed by atoms with Gasteiger partial charge in [-0.05, 0) is 20.0 Å². The second kappa shape index (κ2) is 11.0. The second-order valence-corrected chi connectivity index (χ2v) is 1.68. The van der Waals surface area contributed by atoms with E-state index >= 15 is 0 Å². The largest absolute Gasteiger partial charge is 0.381 e. The molecule has 4 heteroatoms. The normalized spacial score (nSPS) is 7.40. The molecule has 10 heavy (non-hydrogen) atoms. The molecule has 60 valence electrons. The second-order valence-electron chi connectivity index (χ2n) is 1.68. The van der Waals surface area contributed by atoms with Crippen LogP contribution in [0.4, 0.5) is 0 Å². The van der Waals surface area contributed by atoms with Crippen LogP contribution in [0.3, 0.4) is 0 Å². The molecule has 4 nitrogen and oxygen atoms in total. The van der Waals surface area contributed by atoms with Gasteiger partial charge in [0.1, 0.15) is 0 Å². The lowest BCUT2D eigenvalue weighted by Gasteiger charge is -1.84. The third-order valence-corrected chi connectivity index (χ3v) is 0.627. The van der Waals surface area contributed by atoms with E-state index in [0.717, 1.165) is 6.54 Å². The summed E-state index contributed by atoms with van der Waals surface area (Å²) in [4.78, 5) is 9.16. The Bertz CT molecular complexity index is 91.0. The minimum Gasteiger partial charge on any atom is -0.381 e. The van der Waals surface area contributed by atoms with Gasteiger partial charge in [0, 0.05) is 0 Å². The van der Waals surface area contributed by atoms with E-state index in [1.807, 2.05) is 7.05 Å². The summed E-state index contributed by atoms with van der Waals surface area (Å²) in [6, 6.07) is 0. The van der Waals surface area contributed by atoms with Crippen molar-refractivity contribution >= 4 is 12.1 Å². The van der Waals surface area contributed by atoms with Crippen molar-refractivity contribution in [3.8, 4) is 0 Å². The Morgan fingerprint density at radius 1 is 1.80 bits per heavy atom. The Kier molecular flexibility index (Phi) is 13.0. The molecule has 0 atom stereocenters. The molecule has 4 N–H and O–H groups in total. The maximum atomic E-state index is 9.16. The maximum absolute atomic E-state index is 9.16. The van der Waals surface area contributed by atoms with Gasteiger partial charge in [-0.3, -0.25) is 10.2 Å². The van der Waals surface area contributed by atoms with Crippen molar-refractivity contribution in [3.63, 3.8) is 0 Å².